The van der Waals surface area contributed by atoms with Gasteiger partial charge in [-0.3, -0.25) is 0 Å². The van der Waals surface area contributed by atoms with E-state index < -0.39 is 0 Å². The lowest BCUT2D eigenvalue weighted by molar-refractivity contribution is 0.122. The maximum atomic E-state index is 5.24. The van der Waals surface area contributed by atoms with Gasteiger partial charge in [-0.05, 0) is 0 Å². The van der Waals surface area contributed by atoms with Crippen LogP contribution in [0.3, 0.4) is 0 Å². The molecule has 0 saturated carbocycles. The number of morpholine rings is 1. The van der Waals surface area contributed by atoms with Crippen LogP contribution in [0.15, 0.2) is 6.33 Å². The van der Waals surface area contributed by atoms with Crippen LogP contribution in [-0.2, 0) is 4.74 Å². The van der Waals surface area contributed by atoms with Gasteiger partial charge in [-0.25, -0.2) is 0 Å². The van der Waals surface area contributed by atoms with E-state index in [1.807, 2.05) is 4.90 Å². The van der Waals surface area contributed by atoms with Crippen molar-refractivity contribution >= 4 is 11.7 Å². The van der Waals surface area contributed by atoms with Gasteiger partial charge in [0.1, 0.15) is 6.33 Å². The first-order valence-corrected chi connectivity index (χ1v) is 4.67. The normalized spacial score (nSPS) is 17.2. The van der Waals surface area contributed by atoms with Crippen molar-refractivity contribution in [3.05, 3.63) is 6.33 Å². The summed E-state index contributed by atoms with van der Waals surface area (Å²) in [6, 6.07) is 0. The van der Waals surface area contributed by atoms with E-state index in [4.69, 9.17) is 4.74 Å². The molecule has 0 N–H and O–H groups in total. The number of nitrogens with zero attached hydrogens (tertiary/aromatic N) is 7. The zero-order chi connectivity index (χ0) is 10.1. The molecule has 1 aliphatic heterocycles. The highest BCUT2D eigenvalue weighted by Gasteiger charge is 2.15. The zero-order valence-corrected chi connectivity index (χ0v) is 7.94. The van der Waals surface area contributed by atoms with Crippen LogP contribution in [0.2, 0.25) is 0 Å². The highest BCUT2D eigenvalue weighted by molar-refractivity contribution is 5.30. The van der Waals surface area contributed by atoms with Crippen LogP contribution in [-0.4, -0.2) is 56.3 Å². The number of ether oxygens (including phenoxy) is 1. The van der Waals surface area contributed by atoms with Crippen LogP contribution in [0.1, 0.15) is 0 Å². The van der Waals surface area contributed by atoms with Crippen LogP contribution < -0.4 is 4.90 Å². The molecule has 8 heteroatoms. The van der Waals surface area contributed by atoms with Crippen molar-refractivity contribution in [3.8, 4) is 0 Å². The van der Waals surface area contributed by atoms with Gasteiger partial charge in [-0.1, -0.05) is 0 Å². The summed E-state index contributed by atoms with van der Waals surface area (Å²) in [6.45, 7) is 2.97. The van der Waals surface area contributed by atoms with Gasteiger partial charge in [0.15, 0.2) is 0 Å². The standard InChI is InChI=1S/C7H9N7O/c1-3-15-4-2-13(1)7-11-10-6-9-8-5-14(6)12-7/h5H,1-4H2. The Morgan fingerprint density at radius 3 is 2.87 bits per heavy atom. The summed E-state index contributed by atoms with van der Waals surface area (Å²) >= 11 is 0. The minimum absolute atomic E-state index is 0.409. The number of rotatable bonds is 1. The van der Waals surface area contributed by atoms with Gasteiger partial charge in [-0.2, -0.15) is 4.52 Å². The summed E-state index contributed by atoms with van der Waals surface area (Å²) in [5.41, 5.74) is 0. The first-order valence-electron chi connectivity index (χ1n) is 4.67. The Hall–Kier alpha value is -1.83. The van der Waals surface area contributed by atoms with E-state index >= 15 is 0 Å². The Morgan fingerprint density at radius 1 is 1.13 bits per heavy atom. The largest absolute Gasteiger partial charge is 0.378 e. The van der Waals surface area contributed by atoms with E-state index in [1.165, 1.54) is 10.8 Å². The minimum atomic E-state index is 0.409. The molecule has 0 atom stereocenters. The van der Waals surface area contributed by atoms with Crippen molar-refractivity contribution in [2.75, 3.05) is 31.2 Å². The van der Waals surface area contributed by atoms with Crippen molar-refractivity contribution in [3.63, 3.8) is 0 Å². The molecule has 0 unspecified atom stereocenters. The number of aromatic nitrogens is 6. The average molecular weight is 207 g/mol. The van der Waals surface area contributed by atoms with E-state index in [0.717, 1.165) is 13.1 Å². The topological polar surface area (TPSA) is 81.3 Å². The number of fused-ring (bicyclic) bond motifs is 1. The fourth-order valence-electron chi connectivity index (χ4n) is 1.46. The molecule has 1 aliphatic rings. The van der Waals surface area contributed by atoms with Crippen LogP contribution in [0.4, 0.5) is 5.95 Å². The molecule has 0 aliphatic carbocycles. The van der Waals surface area contributed by atoms with Crippen molar-refractivity contribution < 1.29 is 4.74 Å². The molecule has 3 rings (SSSR count). The Kier molecular flexibility index (Phi) is 1.91. The maximum absolute atomic E-state index is 5.24. The monoisotopic (exact) mass is 207 g/mol. The van der Waals surface area contributed by atoms with Gasteiger partial charge in [0, 0.05) is 13.1 Å². The molecule has 0 aromatic carbocycles. The summed E-state index contributed by atoms with van der Waals surface area (Å²) < 4.78 is 6.76. The Bertz CT molecular complexity index is 463. The van der Waals surface area contributed by atoms with E-state index in [1.54, 1.807) is 0 Å². The molecule has 15 heavy (non-hydrogen) atoms. The summed E-state index contributed by atoms with van der Waals surface area (Å²) in [4.78, 5) is 2.02. The molecule has 78 valence electrons. The van der Waals surface area contributed by atoms with E-state index in [-0.39, 0.29) is 0 Å². The molecule has 0 radical (unpaired) electrons. The maximum Gasteiger partial charge on any atom is 0.290 e. The lowest BCUT2D eigenvalue weighted by atomic mass is 10.4. The second-order valence-electron chi connectivity index (χ2n) is 3.17. The van der Waals surface area contributed by atoms with Crippen molar-refractivity contribution in [2.24, 2.45) is 0 Å². The molecule has 3 heterocycles. The molecule has 8 nitrogen and oxygen atoms in total. The molecular formula is C7H9N7O. The minimum Gasteiger partial charge on any atom is -0.378 e. The first-order chi connectivity index (χ1) is 7.43. The summed E-state index contributed by atoms with van der Waals surface area (Å²) in [6.07, 6.45) is 1.51. The molecular weight excluding hydrogens is 198 g/mol. The van der Waals surface area contributed by atoms with Gasteiger partial charge in [0.25, 0.3) is 11.7 Å². The fourth-order valence-corrected chi connectivity index (χ4v) is 1.46. The SMILES string of the molecule is c1nnc2nnc(N3CCOCC3)nn12. The molecule has 1 fully saturated rings. The summed E-state index contributed by atoms with van der Waals surface area (Å²) in [5.74, 6) is 0.998. The predicted octanol–water partition coefficient (Wildman–Crippen LogP) is -1.25. The van der Waals surface area contributed by atoms with Crippen LogP contribution >= 0.6 is 0 Å². The molecule has 0 spiro atoms. The average Bonchev–Trinajstić information content (AvgIpc) is 2.77. The molecule has 0 amide bonds. The molecule has 0 bridgehead atoms. The molecule has 2 aromatic rings. The van der Waals surface area contributed by atoms with Gasteiger partial charge >= 0.3 is 0 Å². The van der Waals surface area contributed by atoms with Gasteiger partial charge in [-0.15, -0.1) is 25.5 Å². The number of hydrogen-bond donors (Lipinski definition) is 0. The Morgan fingerprint density at radius 2 is 2.00 bits per heavy atom. The third kappa shape index (κ3) is 1.48. The highest BCUT2D eigenvalue weighted by atomic mass is 16.5. The van der Waals surface area contributed by atoms with Gasteiger partial charge in [0.2, 0.25) is 0 Å². The van der Waals surface area contributed by atoms with Crippen molar-refractivity contribution in [2.45, 2.75) is 0 Å². The summed E-state index contributed by atoms with van der Waals surface area (Å²) in [5, 5.41) is 19.6. The van der Waals surface area contributed by atoms with Gasteiger partial charge in [0.05, 0.1) is 13.2 Å². The third-order valence-corrected chi connectivity index (χ3v) is 2.23. The third-order valence-electron chi connectivity index (χ3n) is 2.23. The van der Waals surface area contributed by atoms with Crippen LogP contribution in [0.5, 0.6) is 0 Å². The van der Waals surface area contributed by atoms with Gasteiger partial charge < -0.3 is 9.64 Å². The molecule has 2 aromatic heterocycles. The lowest BCUT2D eigenvalue weighted by Crippen LogP contribution is -2.37. The number of anilines is 1. The van der Waals surface area contributed by atoms with Crippen molar-refractivity contribution in [1.82, 2.24) is 30.0 Å². The second-order valence-corrected chi connectivity index (χ2v) is 3.17. The second kappa shape index (κ2) is 3.39. The Labute approximate surface area is 84.9 Å². The smallest absolute Gasteiger partial charge is 0.290 e. The van der Waals surface area contributed by atoms with E-state index in [9.17, 15) is 0 Å². The zero-order valence-electron chi connectivity index (χ0n) is 7.94. The molecule has 1 saturated heterocycles. The number of hydrogen-bond acceptors (Lipinski definition) is 7. The van der Waals surface area contributed by atoms with Crippen LogP contribution in [0, 0.1) is 0 Å². The summed E-state index contributed by atoms with van der Waals surface area (Å²) in [7, 11) is 0. The van der Waals surface area contributed by atoms with Crippen molar-refractivity contribution in [1.29, 1.82) is 0 Å². The van der Waals surface area contributed by atoms with E-state index in [0.29, 0.717) is 24.9 Å². The quantitative estimate of drug-likeness (QED) is 0.578. The lowest BCUT2D eigenvalue weighted by Gasteiger charge is -2.25. The Balaban J connectivity index is 1.95. The predicted molar refractivity (Wildman–Crippen MR) is 49.4 cm³/mol. The fraction of sp³-hybridized carbons (Fsp3) is 0.571. The first kappa shape index (κ1) is 8.48. The highest BCUT2D eigenvalue weighted by Crippen LogP contribution is 2.07. The van der Waals surface area contributed by atoms with E-state index in [2.05, 4.69) is 25.5 Å². The van der Waals surface area contributed by atoms with Crippen LogP contribution in [0.25, 0.3) is 5.78 Å².